The third kappa shape index (κ3) is 3.64. The number of hydrogen-bond acceptors (Lipinski definition) is 5. The number of nitrogens with zero attached hydrogens (tertiary/aromatic N) is 4. The maximum atomic E-state index is 14.6. The standard InChI is InChI=1S/C22H20F3N5O2/c1-11(14-4-3-5-15(19(14)23)20(24)25)27-21-17-10-30(13-6-12(7-13)9-26)18(31)8-16(17)22(32)29(2)28-21/h3-5,8,10-13,20H,6-7H2,1-2H3,(H,27,28)/t11-,12?,13?/m0/s1. The molecule has 10 heteroatoms. The second-order valence-corrected chi connectivity index (χ2v) is 7.99. The van der Waals surface area contributed by atoms with Gasteiger partial charge in [-0.2, -0.15) is 10.4 Å². The fraction of sp³-hybridized carbons (Fsp3) is 0.364. The van der Waals surface area contributed by atoms with Crippen molar-refractivity contribution in [1.82, 2.24) is 14.3 Å². The zero-order valence-corrected chi connectivity index (χ0v) is 17.3. The fourth-order valence-electron chi connectivity index (χ4n) is 4.00. The molecule has 0 amide bonds. The van der Waals surface area contributed by atoms with Gasteiger partial charge >= 0.3 is 0 Å². The Bertz CT molecular complexity index is 1350. The summed E-state index contributed by atoms with van der Waals surface area (Å²) >= 11 is 0. The predicted molar refractivity (Wildman–Crippen MR) is 112 cm³/mol. The molecule has 3 aromatic rings. The maximum absolute atomic E-state index is 14.6. The zero-order chi connectivity index (χ0) is 23.2. The second-order valence-electron chi connectivity index (χ2n) is 7.99. The number of nitriles is 1. The minimum absolute atomic E-state index is 0.0239. The van der Waals surface area contributed by atoms with Crippen LogP contribution in [-0.4, -0.2) is 14.3 Å². The second kappa shape index (κ2) is 8.15. The molecule has 1 atom stereocenters. The van der Waals surface area contributed by atoms with Crippen molar-refractivity contribution in [2.24, 2.45) is 13.0 Å². The Morgan fingerprint density at radius 3 is 2.56 bits per heavy atom. The molecule has 1 N–H and O–H groups in total. The van der Waals surface area contributed by atoms with Crippen molar-refractivity contribution in [3.05, 3.63) is 68.1 Å². The first kappa shape index (κ1) is 21.6. The van der Waals surface area contributed by atoms with Gasteiger partial charge < -0.3 is 9.88 Å². The summed E-state index contributed by atoms with van der Waals surface area (Å²) in [5.74, 6) is -0.918. The van der Waals surface area contributed by atoms with Gasteiger partial charge in [-0.1, -0.05) is 18.2 Å². The van der Waals surface area contributed by atoms with Gasteiger partial charge in [0, 0.05) is 36.3 Å². The maximum Gasteiger partial charge on any atom is 0.274 e. The van der Waals surface area contributed by atoms with Gasteiger partial charge in [0.05, 0.1) is 29.0 Å². The topological polar surface area (TPSA) is 92.7 Å². The number of fused-ring (bicyclic) bond motifs is 1. The Morgan fingerprint density at radius 2 is 1.91 bits per heavy atom. The van der Waals surface area contributed by atoms with Crippen LogP contribution in [0.25, 0.3) is 10.8 Å². The predicted octanol–water partition coefficient (Wildman–Crippen LogP) is 3.82. The van der Waals surface area contributed by atoms with Crippen LogP contribution in [0.15, 0.2) is 40.1 Å². The summed E-state index contributed by atoms with van der Waals surface area (Å²) in [6.07, 6.45) is -0.367. The number of anilines is 1. The Kier molecular flexibility index (Phi) is 5.50. The van der Waals surface area contributed by atoms with E-state index in [-0.39, 0.29) is 34.3 Å². The lowest BCUT2D eigenvalue weighted by molar-refractivity contribution is 0.146. The van der Waals surface area contributed by atoms with Crippen LogP contribution in [0.3, 0.4) is 0 Å². The molecule has 0 spiro atoms. The van der Waals surface area contributed by atoms with Crippen LogP contribution in [0.1, 0.15) is 49.4 Å². The normalized spacial score (nSPS) is 18.9. The number of aromatic nitrogens is 3. The number of alkyl halides is 2. The smallest absolute Gasteiger partial charge is 0.274 e. The molecule has 2 aromatic heterocycles. The molecule has 1 aliphatic carbocycles. The summed E-state index contributed by atoms with van der Waals surface area (Å²) in [4.78, 5) is 25.2. The van der Waals surface area contributed by atoms with E-state index in [1.165, 1.54) is 36.0 Å². The average molecular weight is 443 g/mol. The highest BCUT2D eigenvalue weighted by Crippen LogP contribution is 2.37. The van der Waals surface area contributed by atoms with Crippen molar-refractivity contribution in [1.29, 1.82) is 5.26 Å². The van der Waals surface area contributed by atoms with Crippen LogP contribution in [0.4, 0.5) is 19.0 Å². The molecule has 1 saturated carbocycles. The average Bonchev–Trinajstić information content (AvgIpc) is 2.71. The van der Waals surface area contributed by atoms with Crippen LogP contribution < -0.4 is 16.4 Å². The molecule has 0 aliphatic heterocycles. The molecule has 166 valence electrons. The van der Waals surface area contributed by atoms with Crippen LogP contribution in [0, 0.1) is 23.1 Å². The van der Waals surface area contributed by atoms with E-state index in [2.05, 4.69) is 16.5 Å². The summed E-state index contributed by atoms with van der Waals surface area (Å²) < 4.78 is 43.3. The Morgan fingerprint density at radius 1 is 1.22 bits per heavy atom. The molecule has 0 saturated heterocycles. The monoisotopic (exact) mass is 443 g/mol. The zero-order valence-electron chi connectivity index (χ0n) is 17.3. The molecular weight excluding hydrogens is 423 g/mol. The Hall–Kier alpha value is -3.61. The number of pyridine rings is 1. The van der Waals surface area contributed by atoms with Gasteiger partial charge in [0.2, 0.25) is 0 Å². The van der Waals surface area contributed by atoms with Gasteiger partial charge in [-0.3, -0.25) is 9.59 Å². The number of aryl methyl sites for hydroxylation is 1. The lowest BCUT2D eigenvalue weighted by atomic mass is 9.81. The number of nitrogens with one attached hydrogen (secondary N) is 1. The molecule has 4 rings (SSSR count). The van der Waals surface area contributed by atoms with Crippen molar-refractivity contribution in [3.63, 3.8) is 0 Å². The minimum atomic E-state index is -2.95. The van der Waals surface area contributed by atoms with Gasteiger partial charge in [0.1, 0.15) is 5.82 Å². The summed E-state index contributed by atoms with van der Waals surface area (Å²) in [7, 11) is 1.42. The summed E-state index contributed by atoms with van der Waals surface area (Å²) in [5.41, 5.74) is -1.51. The molecule has 1 aromatic carbocycles. The van der Waals surface area contributed by atoms with Crippen molar-refractivity contribution in [2.75, 3.05) is 5.32 Å². The Labute approximate surface area is 180 Å². The molecule has 2 heterocycles. The first-order chi connectivity index (χ1) is 15.2. The molecule has 0 bridgehead atoms. The Balaban J connectivity index is 1.78. The number of hydrogen-bond donors (Lipinski definition) is 1. The molecular formula is C22H20F3N5O2. The van der Waals surface area contributed by atoms with E-state index >= 15 is 0 Å². The molecule has 1 fully saturated rings. The summed E-state index contributed by atoms with van der Waals surface area (Å²) in [6, 6.07) is 6.26. The highest BCUT2D eigenvalue weighted by molar-refractivity contribution is 5.90. The molecule has 7 nitrogen and oxygen atoms in total. The quantitative estimate of drug-likeness (QED) is 0.647. The van der Waals surface area contributed by atoms with E-state index in [0.29, 0.717) is 18.2 Å². The van der Waals surface area contributed by atoms with Gasteiger partial charge in [0.15, 0.2) is 5.82 Å². The minimum Gasteiger partial charge on any atom is -0.361 e. The van der Waals surface area contributed by atoms with E-state index in [1.807, 2.05) is 0 Å². The van der Waals surface area contributed by atoms with Crippen molar-refractivity contribution in [2.45, 2.75) is 38.3 Å². The van der Waals surface area contributed by atoms with Crippen LogP contribution in [0.5, 0.6) is 0 Å². The number of benzene rings is 1. The third-order valence-corrected chi connectivity index (χ3v) is 5.91. The fourth-order valence-corrected chi connectivity index (χ4v) is 4.00. The summed E-state index contributed by atoms with van der Waals surface area (Å²) in [6.45, 7) is 1.59. The van der Waals surface area contributed by atoms with Gasteiger partial charge in [-0.05, 0) is 19.8 Å². The van der Waals surface area contributed by atoms with E-state index in [9.17, 15) is 22.8 Å². The number of rotatable bonds is 5. The third-order valence-electron chi connectivity index (χ3n) is 5.91. The lowest BCUT2D eigenvalue weighted by Gasteiger charge is -2.32. The van der Waals surface area contributed by atoms with Gasteiger partial charge in [-0.15, -0.1) is 0 Å². The molecule has 0 unspecified atom stereocenters. The van der Waals surface area contributed by atoms with Crippen molar-refractivity contribution >= 4 is 16.6 Å². The molecule has 32 heavy (non-hydrogen) atoms. The highest BCUT2D eigenvalue weighted by Gasteiger charge is 2.31. The lowest BCUT2D eigenvalue weighted by Crippen LogP contribution is -2.34. The van der Waals surface area contributed by atoms with Crippen molar-refractivity contribution < 1.29 is 13.2 Å². The van der Waals surface area contributed by atoms with Crippen LogP contribution >= 0.6 is 0 Å². The first-order valence-corrected chi connectivity index (χ1v) is 10.1. The largest absolute Gasteiger partial charge is 0.361 e. The van der Waals surface area contributed by atoms with E-state index in [4.69, 9.17) is 5.26 Å². The van der Waals surface area contributed by atoms with Crippen LogP contribution in [-0.2, 0) is 7.05 Å². The summed E-state index contributed by atoms with van der Waals surface area (Å²) in [5, 5.41) is 16.7. The van der Waals surface area contributed by atoms with Crippen molar-refractivity contribution in [3.8, 4) is 6.07 Å². The van der Waals surface area contributed by atoms with Crippen LogP contribution in [0.2, 0.25) is 0 Å². The molecule has 0 radical (unpaired) electrons. The molecule has 1 aliphatic rings. The van der Waals surface area contributed by atoms with E-state index in [0.717, 1.165) is 10.7 Å². The van der Waals surface area contributed by atoms with E-state index < -0.39 is 29.4 Å². The van der Waals surface area contributed by atoms with Gasteiger partial charge in [-0.25, -0.2) is 17.9 Å². The first-order valence-electron chi connectivity index (χ1n) is 10.1. The SMILES string of the molecule is C[C@H](Nc1nn(C)c(=O)c2cc(=O)n(C3CC(C#N)C3)cc12)c1cccc(C(F)F)c1F. The number of halogens is 3. The van der Waals surface area contributed by atoms with E-state index in [1.54, 1.807) is 6.92 Å². The van der Waals surface area contributed by atoms with Gasteiger partial charge in [0.25, 0.3) is 17.5 Å². The highest BCUT2D eigenvalue weighted by atomic mass is 19.3.